The number of halogens is 3. The van der Waals surface area contributed by atoms with Crippen molar-refractivity contribution in [2.75, 3.05) is 33.4 Å². The summed E-state index contributed by atoms with van der Waals surface area (Å²) in [7, 11) is -2.37. The van der Waals surface area contributed by atoms with E-state index in [1.54, 1.807) is 0 Å². The highest BCUT2D eigenvalue weighted by Crippen LogP contribution is 2.31. The largest absolute Gasteiger partial charge is 0.416 e. The number of hydrogen-bond acceptors (Lipinski definition) is 5. The minimum atomic E-state index is -4.50. The van der Waals surface area contributed by atoms with E-state index in [2.05, 4.69) is 5.32 Å². The molecule has 0 aromatic heterocycles. The van der Waals surface area contributed by atoms with E-state index in [1.165, 1.54) is 11.4 Å². The van der Waals surface area contributed by atoms with Crippen LogP contribution in [0.3, 0.4) is 0 Å². The topological polar surface area (TPSA) is 78.9 Å². The monoisotopic (exact) mass is 438 g/mol. The van der Waals surface area contributed by atoms with Gasteiger partial charge in [0.1, 0.15) is 0 Å². The Morgan fingerprint density at radius 2 is 1.76 bits per heavy atom. The van der Waals surface area contributed by atoms with E-state index >= 15 is 0 Å². The Morgan fingerprint density at radius 1 is 1.14 bits per heavy atom. The fourth-order valence-corrected chi connectivity index (χ4v) is 4.82. The molecule has 0 spiro atoms. The summed E-state index contributed by atoms with van der Waals surface area (Å²) in [6.07, 6.45) is -0.813. The van der Waals surface area contributed by atoms with Gasteiger partial charge >= 0.3 is 6.18 Å². The van der Waals surface area contributed by atoms with Crippen molar-refractivity contribution in [2.45, 2.75) is 55.3 Å². The highest BCUT2D eigenvalue weighted by atomic mass is 32.2. The summed E-state index contributed by atoms with van der Waals surface area (Å²) >= 11 is 0. The Balaban J connectivity index is 1.84. The Hall–Kier alpha value is -1.20. The van der Waals surface area contributed by atoms with Crippen LogP contribution in [0.5, 0.6) is 0 Å². The van der Waals surface area contributed by atoms with Gasteiger partial charge in [0.15, 0.2) is 0 Å². The van der Waals surface area contributed by atoms with E-state index in [4.69, 9.17) is 9.84 Å². The number of hydrogen-bond donors (Lipinski definition) is 2. The zero-order chi connectivity index (χ0) is 21.5. The molecule has 1 fully saturated rings. The molecule has 166 valence electrons. The van der Waals surface area contributed by atoms with Crippen LogP contribution in [0.15, 0.2) is 29.2 Å². The first-order chi connectivity index (χ1) is 13.7. The van der Waals surface area contributed by atoms with E-state index in [1.807, 2.05) is 0 Å². The number of nitrogens with one attached hydrogen (secondary N) is 1. The average Bonchev–Trinajstić information content (AvgIpc) is 2.70. The van der Waals surface area contributed by atoms with Crippen LogP contribution in [0.2, 0.25) is 0 Å². The van der Waals surface area contributed by atoms with E-state index in [9.17, 15) is 21.6 Å². The number of sulfonamides is 1. The molecule has 1 aromatic rings. The summed E-state index contributed by atoms with van der Waals surface area (Å²) in [5, 5.41) is 11.8. The van der Waals surface area contributed by atoms with Gasteiger partial charge in [-0.3, -0.25) is 0 Å². The van der Waals surface area contributed by atoms with Gasteiger partial charge in [0, 0.05) is 26.2 Å². The van der Waals surface area contributed by atoms with Crippen molar-refractivity contribution < 1.29 is 31.4 Å². The standard InChI is InChI=1S/C19H29F3N2O4S/c1-24(29(26,27)18-9-3-15(4-10-18)19(20,21)22)16-5-7-17(8-6-16)28-14-2-11-23-12-13-25/h3-4,9-10,16-17,23,25H,2,5-8,11-14H2,1H3/t16-,17-. The Bertz CT molecular complexity index is 718. The first kappa shape index (κ1) is 24.1. The van der Waals surface area contributed by atoms with Gasteiger partial charge in [-0.2, -0.15) is 17.5 Å². The Morgan fingerprint density at radius 3 is 2.31 bits per heavy atom. The molecule has 1 aromatic carbocycles. The van der Waals surface area contributed by atoms with Gasteiger partial charge in [0.25, 0.3) is 0 Å². The van der Waals surface area contributed by atoms with Crippen molar-refractivity contribution in [3.05, 3.63) is 29.8 Å². The molecule has 29 heavy (non-hydrogen) atoms. The van der Waals surface area contributed by atoms with E-state index in [0.29, 0.717) is 26.0 Å². The van der Waals surface area contributed by atoms with Crippen LogP contribution < -0.4 is 5.32 Å². The maximum atomic E-state index is 12.8. The zero-order valence-electron chi connectivity index (χ0n) is 16.5. The highest BCUT2D eigenvalue weighted by Gasteiger charge is 2.34. The number of alkyl halides is 3. The quantitative estimate of drug-likeness (QED) is 0.549. The lowest BCUT2D eigenvalue weighted by atomic mass is 9.93. The molecular weight excluding hydrogens is 409 g/mol. The van der Waals surface area contributed by atoms with Crippen molar-refractivity contribution in [3.63, 3.8) is 0 Å². The van der Waals surface area contributed by atoms with Crippen LogP contribution >= 0.6 is 0 Å². The second-order valence-electron chi connectivity index (χ2n) is 7.17. The second-order valence-corrected chi connectivity index (χ2v) is 9.17. The van der Waals surface area contributed by atoms with Crippen LogP contribution in [0.4, 0.5) is 13.2 Å². The van der Waals surface area contributed by atoms with Crippen LogP contribution in [-0.2, 0) is 20.9 Å². The molecule has 6 nitrogen and oxygen atoms in total. The smallest absolute Gasteiger partial charge is 0.395 e. The lowest BCUT2D eigenvalue weighted by Gasteiger charge is -2.34. The van der Waals surface area contributed by atoms with Crippen molar-refractivity contribution in [1.82, 2.24) is 9.62 Å². The number of nitrogens with zero attached hydrogens (tertiary/aromatic N) is 1. The van der Waals surface area contributed by atoms with E-state index in [-0.39, 0.29) is 23.6 Å². The molecule has 0 bridgehead atoms. The van der Waals surface area contributed by atoms with Crippen molar-refractivity contribution in [3.8, 4) is 0 Å². The SMILES string of the molecule is CN([C@H]1CC[C@H](OCCCNCCO)CC1)S(=O)(=O)c1ccc(C(F)(F)F)cc1. The summed E-state index contributed by atoms with van der Waals surface area (Å²) < 4.78 is 70.7. The molecular formula is C19H29F3N2O4S. The molecule has 0 amide bonds. The van der Waals surface area contributed by atoms with Crippen LogP contribution in [0, 0.1) is 0 Å². The third-order valence-electron chi connectivity index (χ3n) is 5.16. The molecule has 0 heterocycles. The predicted molar refractivity (Wildman–Crippen MR) is 103 cm³/mol. The van der Waals surface area contributed by atoms with Gasteiger partial charge in [0.2, 0.25) is 10.0 Å². The third kappa shape index (κ3) is 6.92. The van der Waals surface area contributed by atoms with Crippen molar-refractivity contribution in [1.29, 1.82) is 0 Å². The first-order valence-corrected chi connectivity index (χ1v) is 11.2. The van der Waals surface area contributed by atoms with Gasteiger partial charge in [-0.15, -0.1) is 0 Å². The Kier molecular flexibility index (Phi) is 8.90. The minimum Gasteiger partial charge on any atom is -0.395 e. The lowest BCUT2D eigenvalue weighted by Crippen LogP contribution is -2.40. The van der Waals surface area contributed by atoms with Gasteiger partial charge in [0.05, 0.1) is 23.2 Å². The van der Waals surface area contributed by atoms with E-state index < -0.39 is 21.8 Å². The molecule has 2 N–H and O–H groups in total. The van der Waals surface area contributed by atoms with Crippen LogP contribution in [-0.4, -0.2) is 63.3 Å². The molecule has 10 heteroatoms. The number of aliphatic hydroxyl groups excluding tert-OH is 1. The van der Waals surface area contributed by atoms with Crippen LogP contribution in [0.25, 0.3) is 0 Å². The summed E-state index contributed by atoms with van der Waals surface area (Å²) in [6, 6.07) is 3.40. The lowest BCUT2D eigenvalue weighted by molar-refractivity contribution is -0.137. The summed E-state index contributed by atoms with van der Waals surface area (Å²) in [6.45, 7) is 2.04. The first-order valence-electron chi connectivity index (χ1n) is 9.74. The predicted octanol–water partition coefficient (Wildman–Crippen LogP) is 2.63. The molecule has 1 aliphatic rings. The normalized spacial score (nSPS) is 20.9. The summed E-state index contributed by atoms with van der Waals surface area (Å²) in [4.78, 5) is -0.137. The van der Waals surface area contributed by atoms with Crippen molar-refractivity contribution in [2.24, 2.45) is 0 Å². The highest BCUT2D eigenvalue weighted by molar-refractivity contribution is 7.89. The number of benzene rings is 1. The van der Waals surface area contributed by atoms with Crippen molar-refractivity contribution >= 4 is 10.0 Å². The molecule has 1 saturated carbocycles. The number of ether oxygens (including phenoxy) is 1. The Labute approximate surface area is 170 Å². The molecule has 0 saturated heterocycles. The molecule has 0 aliphatic heterocycles. The average molecular weight is 439 g/mol. The van der Waals surface area contributed by atoms with E-state index in [0.717, 1.165) is 50.1 Å². The minimum absolute atomic E-state index is 0.0891. The molecule has 1 aliphatic carbocycles. The van der Waals surface area contributed by atoms with Gasteiger partial charge < -0.3 is 15.2 Å². The summed E-state index contributed by atoms with van der Waals surface area (Å²) in [5.74, 6) is 0. The maximum absolute atomic E-state index is 12.8. The molecule has 2 rings (SSSR count). The second kappa shape index (κ2) is 10.7. The molecule has 0 radical (unpaired) electrons. The fraction of sp³-hybridized carbons (Fsp3) is 0.684. The third-order valence-corrected chi connectivity index (χ3v) is 7.08. The molecule has 0 unspecified atom stereocenters. The van der Waals surface area contributed by atoms with Gasteiger partial charge in [-0.1, -0.05) is 0 Å². The number of aliphatic hydroxyl groups is 1. The maximum Gasteiger partial charge on any atom is 0.416 e. The van der Waals surface area contributed by atoms with Gasteiger partial charge in [-0.25, -0.2) is 8.42 Å². The fourth-order valence-electron chi connectivity index (χ4n) is 3.41. The summed E-state index contributed by atoms with van der Waals surface area (Å²) in [5.41, 5.74) is -0.872. The zero-order valence-corrected chi connectivity index (χ0v) is 17.3. The molecule has 0 atom stereocenters. The van der Waals surface area contributed by atoms with Crippen LogP contribution in [0.1, 0.15) is 37.7 Å². The number of rotatable bonds is 10. The van der Waals surface area contributed by atoms with Gasteiger partial charge in [-0.05, 0) is 62.9 Å².